The van der Waals surface area contributed by atoms with Gasteiger partial charge in [-0.25, -0.2) is 9.97 Å². The van der Waals surface area contributed by atoms with Crippen molar-refractivity contribution in [3.63, 3.8) is 0 Å². The van der Waals surface area contributed by atoms with Crippen LogP contribution in [0, 0.1) is 0 Å². The van der Waals surface area contributed by atoms with Gasteiger partial charge in [0.05, 0.1) is 0 Å². The van der Waals surface area contributed by atoms with Crippen LogP contribution in [-0.2, 0) is 6.42 Å². The molecular formula is C18H22N4O. The van der Waals surface area contributed by atoms with Crippen LogP contribution in [0.3, 0.4) is 0 Å². The number of aromatic nitrogens is 2. The Morgan fingerprint density at radius 2 is 1.87 bits per heavy atom. The van der Waals surface area contributed by atoms with Gasteiger partial charge < -0.3 is 10.2 Å². The first-order valence-electron chi connectivity index (χ1n) is 8.23. The fourth-order valence-electron chi connectivity index (χ4n) is 2.78. The minimum Gasteiger partial charge on any atom is -0.350 e. The first-order valence-corrected chi connectivity index (χ1v) is 8.23. The van der Waals surface area contributed by atoms with Gasteiger partial charge >= 0.3 is 0 Å². The highest BCUT2D eigenvalue weighted by molar-refractivity contribution is 5.92. The summed E-state index contributed by atoms with van der Waals surface area (Å²) in [5.74, 6) is 0.530. The van der Waals surface area contributed by atoms with Crippen LogP contribution in [0.4, 0.5) is 5.95 Å². The fourth-order valence-corrected chi connectivity index (χ4v) is 2.78. The van der Waals surface area contributed by atoms with Crippen LogP contribution in [-0.4, -0.2) is 35.5 Å². The molecular weight excluding hydrogens is 288 g/mol. The summed E-state index contributed by atoms with van der Waals surface area (Å²) < 4.78 is 0. The third kappa shape index (κ3) is 4.28. The molecule has 120 valence electrons. The summed E-state index contributed by atoms with van der Waals surface area (Å²) in [5, 5.41) is 2.93. The van der Waals surface area contributed by atoms with Crippen molar-refractivity contribution >= 4 is 11.9 Å². The number of carbonyl (C=O) groups excluding carboxylic acids is 1. The maximum absolute atomic E-state index is 12.2. The highest BCUT2D eigenvalue weighted by Gasteiger charge is 2.15. The minimum atomic E-state index is -0.137. The highest BCUT2D eigenvalue weighted by Crippen LogP contribution is 2.15. The van der Waals surface area contributed by atoms with E-state index in [-0.39, 0.29) is 5.91 Å². The molecule has 0 saturated carbocycles. The Bertz CT molecular complexity index is 638. The molecule has 5 nitrogen and oxygen atoms in total. The van der Waals surface area contributed by atoms with Gasteiger partial charge in [0.1, 0.15) is 5.69 Å². The predicted octanol–water partition coefficient (Wildman–Crippen LogP) is 2.44. The third-order valence-corrected chi connectivity index (χ3v) is 4.06. The highest BCUT2D eigenvalue weighted by atomic mass is 16.1. The molecule has 23 heavy (non-hydrogen) atoms. The van der Waals surface area contributed by atoms with Crippen LogP contribution in [0.1, 0.15) is 35.3 Å². The Hall–Kier alpha value is -2.43. The van der Waals surface area contributed by atoms with Gasteiger partial charge in [0, 0.05) is 25.8 Å². The second kappa shape index (κ2) is 7.72. The average Bonchev–Trinajstić information content (AvgIpc) is 2.63. The largest absolute Gasteiger partial charge is 0.350 e. The van der Waals surface area contributed by atoms with E-state index in [1.807, 2.05) is 18.2 Å². The number of piperidine rings is 1. The van der Waals surface area contributed by atoms with Crippen molar-refractivity contribution in [1.29, 1.82) is 0 Å². The van der Waals surface area contributed by atoms with E-state index in [2.05, 4.69) is 32.3 Å². The molecule has 1 aromatic carbocycles. The van der Waals surface area contributed by atoms with Crippen molar-refractivity contribution < 1.29 is 4.79 Å². The maximum Gasteiger partial charge on any atom is 0.270 e. The molecule has 0 aliphatic carbocycles. The van der Waals surface area contributed by atoms with E-state index in [9.17, 15) is 4.79 Å². The predicted molar refractivity (Wildman–Crippen MR) is 90.6 cm³/mol. The summed E-state index contributed by atoms with van der Waals surface area (Å²) in [6.07, 6.45) is 6.07. The minimum absolute atomic E-state index is 0.137. The molecule has 2 heterocycles. The first kappa shape index (κ1) is 15.5. The van der Waals surface area contributed by atoms with E-state index in [1.54, 1.807) is 12.3 Å². The Labute approximate surface area is 136 Å². The number of benzene rings is 1. The zero-order valence-corrected chi connectivity index (χ0v) is 13.2. The molecule has 1 fully saturated rings. The van der Waals surface area contributed by atoms with Crippen molar-refractivity contribution in [2.75, 3.05) is 24.5 Å². The number of anilines is 1. The lowest BCUT2D eigenvalue weighted by molar-refractivity contribution is 0.0949. The van der Waals surface area contributed by atoms with Gasteiger partial charge in [-0.1, -0.05) is 30.3 Å². The average molecular weight is 310 g/mol. The zero-order valence-electron chi connectivity index (χ0n) is 13.2. The standard InChI is InChI=1S/C18H22N4O/c23-17(19-11-9-15-7-3-1-4-8-15)16-10-12-20-18(21-16)22-13-5-2-6-14-22/h1,3-4,7-8,10,12H,2,5-6,9,11,13-14H2,(H,19,23). The molecule has 5 heteroatoms. The van der Waals surface area contributed by atoms with Gasteiger partial charge in [0.15, 0.2) is 0 Å². The Kier molecular flexibility index (Phi) is 5.19. The summed E-state index contributed by atoms with van der Waals surface area (Å²) in [6.45, 7) is 2.55. The molecule has 2 aromatic rings. The number of amides is 1. The van der Waals surface area contributed by atoms with E-state index in [0.29, 0.717) is 18.2 Å². The molecule has 1 N–H and O–H groups in total. The molecule has 3 rings (SSSR count). The van der Waals surface area contributed by atoms with Gasteiger partial charge in [-0.15, -0.1) is 0 Å². The van der Waals surface area contributed by atoms with Crippen molar-refractivity contribution in [1.82, 2.24) is 15.3 Å². The van der Waals surface area contributed by atoms with Crippen LogP contribution >= 0.6 is 0 Å². The normalized spacial score (nSPS) is 14.5. The molecule has 1 aliphatic rings. The third-order valence-electron chi connectivity index (χ3n) is 4.06. The zero-order chi connectivity index (χ0) is 15.9. The monoisotopic (exact) mass is 310 g/mol. The summed E-state index contributed by atoms with van der Waals surface area (Å²) in [5.41, 5.74) is 1.65. The van der Waals surface area contributed by atoms with Crippen LogP contribution in [0.2, 0.25) is 0 Å². The first-order chi connectivity index (χ1) is 11.3. The van der Waals surface area contributed by atoms with Gasteiger partial charge in [0.25, 0.3) is 5.91 Å². The van der Waals surface area contributed by atoms with Gasteiger partial charge in [-0.05, 0) is 37.3 Å². The smallest absolute Gasteiger partial charge is 0.270 e. The lowest BCUT2D eigenvalue weighted by Gasteiger charge is -2.26. The molecule has 1 aliphatic heterocycles. The molecule has 0 atom stereocenters. The molecule has 0 radical (unpaired) electrons. The summed E-state index contributed by atoms with van der Waals surface area (Å²) >= 11 is 0. The quantitative estimate of drug-likeness (QED) is 0.921. The Balaban J connectivity index is 1.56. The molecule has 1 amide bonds. The van der Waals surface area contributed by atoms with Crippen LogP contribution in [0.25, 0.3) is 0 Å². The van der Waals surface area contributed by atoms with E-state index in [0.717, 1.165) is 32.4 Å². The maximum atomic E-state index is 12.2. The van der Waals surface area contributed by atoms with Crippen LogP contribution < -0.4 is 10.2 Å². The molecule has 0 spiro atoms. The number of nitrogens with one attached hydrogen (secondary N) is 1. The number of nitrogens with zero attached hydrogens (tertiary/aromatic N) is 3. The van der Waals surface area contributed by atoms with Crippen molar-refractivity contribution in [2.45, 2.75) is 25.7 Å². The number of rotatable bonds is 5. The number of hydrogen-bond acceptors (Lipinski definition) is 4. The Morgan fingerprint density at radius 3 is 2.65 bits per heavy atom. The van der Waals surface area contributed by atoms with Gasteiger partial charge in [0.2, 0.25) is 5.95 Å². The summed E-state index contributed by atoms with van der Waals surface area (Å²) in [7, 11) is 0. The summed E-state index contributed by atoms with van der Waals surface area (Å²) in [4.78, 5) is 23.1. The second-order valence-corrected chi connectivity index (χ2v) is 5.78. The topological polar surface area (TPSA) is 58.1 Å². The van der Waals surface area contributed by atoms with Crippen molar-refractivity contribution in [3.05, 3.63) is 53.9 Å². The molecule has 1 saturated heterocycles. The van der Waals surface area contributed by atoms with E-state index < -0.39 is 0 Å². The SMILES string of the molecule is O=C(NCCc1ccccc1)c1ccnc(N2CCCCC2)n1. The van der Waals surface area contributed by atoms with Gasteiger partial charge in [-0.3, -0.25) is 4.79 Å². The molecule has 0 bridgehead atoms. The van der Waals surface area contributed by atoms with Crippen molar-refractivity contribution in [3.8, 4) is 0 Å². The molecule has 0 unspecified atom stereocenters. The lowest BCUT2D eigenvalue weighted by Crippen LogP contribution is -2.32. The lowest BCUT2D eigenvalue weighted by atomic mass is 10.1. The Morgan fingerprint density at radius 1 is 1.09 bits per heavy atom. The number of hydrogen-bond donors (Lipinski definition) is 1. The van der Waals surface area contributed by atoms with Gasteiger partial charge in [-0.2, -0.15) is 0 Å². The van der Waals surface area contributed by atoms with E-state index in [4.69, 9.17) is 0 Å². The van der Waals surface area contributed by atoms with E-state index >= 15 is 0 Å². The fraction of sp³-hybridized carbons (Fsp3) is 0.389. The summed E-state index contributed by atoms with van der Waals surface area (Å²) in [6, 6.07) is 11.8. The van der Waals surface area contributed by atoms with E-state index in [1.165, 1.54) is 12.0 Å². The van der Waals surface area contributed by atoms with Crippen molar-refractivity contribution in [2.24, 2.45) is 0 Å². The molecule has 1 aromatic heterocycles. The number of carbonyl (C=O) groups is 1. The van der Waals surface area contributed by atoms with Crippen LogP contribution in [0.5, 0.6) is 0 Å². The van der Waals surface area contributed by atoms with Crippen LogP contribution in [0.15, 0.2) is 42.6 Å². The second-order valence-electron chi connectivity index (χ2n) is 5.78.